The van der Waals surface area contributed by atoms with E-state index in [1.165, 1.54) is 0 Å². The summed E-state index contributed by atoms with van der Waals surface area (Å²) in [5.74, 6) is -0.534. The summed E-state index contributed by atoms with van der Waals surface area (Å²) < 4.78 is 4.59. The van der Waals surface area contributed by atoms with Gasteiger partial charge in [-0.3, -0.25) is 10.1 Å². The van der Waals surface area contributed by atoms with E-state index in [4.69, 9.17) is 16.6 Å². The second-order valence-electron chi connectivity index (χ2n) is 2.28. The molecule has 0 aliphatic heterocycles. The van der Waals surface area contributed by atoms with Gasteiger partial charge in [0, 0.05) is 0 Å². The van der Waals surface area contributed by atoms with Gasteiger partial charge in [-0.2, -0.15) is 0 Å². The van der Waals surface area contributed by atoms with Crippen LogP contribution < -0.4 is 16.8 Å². The van der Waals surface area contributed by atoms with Gasteiger partial charge in [0.05, 0.1) is 12.6 Å². The summed E-state index contributed by atoms with van der Waals surface area (Å²) in [5, 5.41) is 11.6. The number of likely N-dealkylation sites (N-methyl/N-ethyl adjacent to an activating group) is 1. The Morgan fingerprint density at radius 1 is 1.75 bits per heavy atom. The zero-order chi connectivity index (χ0) is 9.56. The van der Waals surface area contributed by atoms with Crippen LogP contribution in [0.3, 0.4) is 0 Å². The number of nitrogens with one attached hydrogen (secondary N) is 1. The Kier molecular flexibility index (Phi) is 5.56. The SMILES string of the molecule is CN[C@@H](O)[C@@H](N)COC(=O)CN. The van der Waals surface area contributed by atoms with E-state index < -0.39 is 18.2 Å². The Bertz CT molecular complexity index is 142. The quantitative estimate of drug-likeness (QED) is 0.270. The van der Waals surface area contributed by atoms with Crippen LogP contribution in [0.5, 0.6) is 0 Å². The molecule has 0 saturated carbocycles. The summed E-state index contributed by atoms with van der Waals surface area (Å²) in [5.41, 5.74) is 10.4. The third-order valence-corrected chi connectivity index (χ3v) is 1.30. The van der Waals surface area contributed by atoms with Crippen LogP contribution in [0, 0.1) is 0 Å². The molecule has 0 spiro atoms. The monoisotopic (exact) mass is 177 g/mol. The molecule has 12 heavy (non-hydrogen) atoms. The minimum absolute atomic E-state index is 0.0436. The summed E-state index contributed by atoms with van der Waals surface area (Å²) >= 11 is 0. The van der Waals surface area contributed by atoms with Gasteiger partial charge in [-0.25, -0.2) is 0 Å². The highest BCUT2D eigenvalue weighted by Crippen LogP contribution is 1.87. The van der Waals surface area contributed by atoms with E-state index in [1.54, 1.807) is 7.05 Å². The molecule has 6 heteroatoms. The Labute approximate surface area is 70.9 Å². The van der Waals surface area contributed by atoms with Crippen molar-refractivity contribution in [3.63, 3.8) is 0 Å². The molecule has 0 unspecified atom stereocenters. The number of aliphatic hydroxyl groups excluding tert-OH is 1. The first-order chi connectivity index (χ1) is 5.61. The van der Waals surface area contributed by atoms with E-state index in [9.17, 15) is 4.79 Å². The van der Waals surface area contributed by atoms with Gasteiger partial charge in [0.1, 0.15) is 12.8 Å². The summed E-state index contributed by atoms with van der Waals surface area (Å²) in [4.78, 5) is 10.5. The van der Waals surface area contributed by atoms with Gasteiger partial charge in [-0.05, 0) is 7.05 Å². The van der Waals surface area contributed by atoms with Gasteiger partial charge < -0.3 is 21.3 Å². The molecule has 0 aromatic heterocycles. The Morgan fingerprint density at radius 2 is 2.33 bits per heavy atom. The molecule has 0 aliphatic rings. The van der Waals surface area contributed by atoms with Crippen LogP contribution in [-0.4, -0.2) is 43.5 Å². The number of ether oxygens (including phenoxy) is 1. The highest BCUT2D eigenvalue weighted by molar-refractivity contribution is 5.71. The smallest absolute Gasteiger partial charge is 0.319 e. The fourth-order valence-corrected chi connectivity index (χ4v) is 0.553. The third-order valence-electron chi connectivity index (χ3n) is 1.30. The fraction of sp³-hybridized carbons (Fsp3) is 0.833. The molecule has 0 rings (SSSR count). The molecule has 0 aromatic carbocycles. The molecule has 0 radical (unpaired) electrons. The number of carbonyl (C=O) groups is 1. The van der Waals surface area contributed by atoms with Crippen LogP contribution in [0.4, 0.5) is 0 Å². The maximum absolute atomic E-state index is 10.5. The summed E-state index contributed by atoms with van der Waals surface area (Å²) in [6.07, 6.45) is -0.879. The molecule has 0 aromatic rings. The lowest BCUT2D eigenvalue weighted by atomic mass is 10.3. The fourth-order valence-electron chi connectivity index (χ4n) is 0.553. The average Bonchev–Trinajstić information content (AvgIpc) is 2.11. The van der Waals surface area contributed by atoms with Crippen molar-refractivity contribution in [3.05, 3.63) is 0 Å². The van der Waals surface area contributed by atoms with Gasteiger partial charge in [0.15, 0.2) is 0 Å². The normalized spacial score (nSPS) is 15.3. The van der Waals surface area contributed by atoms with Crippen LogP contribution in [0.15, 0.2) is 0 Å². The number of aliphatic hydroxyl groups is 1. The molecular weight excluding hydrogens is 162 g/mol. The Morgan fingerprint density at radius 3 is 2.75 bits per heavy atom. The summed E-state index contributed by atoms with van der Waals surface area (Å²) in [6, 6.07) is -0.634. The van der Waals surface area contributed by atoms with Crippen LogP contribution in [0.2, 0.25) is 0 Å². The second-order valence-corrected chi connectivity index (χ2v) is 2.28. The topological polar surface area (TPSA) is 111 Å². The van der Waals surface area contributed by atoms with Crippen LogP contribution in [-0.2, 0) is 9.53 Å². The molecule has 0 aliphatic carbocycles. The first kappa shape index (κ1) is 11.3. The zero-order valence-electron chi connectivity index (χ0n) is 6.99. The number of nitrogens with two attached hydrogens (primary N) is 2. The predicted molar refractivity (Wildman–Crippen MR) is 43.1 cm³/mol. The van der Waals surface area contributed by atoms with Gasteiger partial charge in [-0.1, -0.05) is 0 Å². The molecule has 6 N–H and O–H groups in total. The largest absolute Gasteiger partial charge is 0.463 e. The predicted octanol–water partition coefficient (Wildman–Crippen LogP) is -2.65. The number of carbonyl (C=O) groups excluding carboxylic acids is 1. The lowest BCUT2D eigenvalue weighted by molar-refractivity contribution is -0.143. The Hall–Kier alpha value is -0.690. The first-order valence-corrected chi connectivity index (χ1v) is 3.58. The number of rotatable bonds is 5. The van der Waals surface area contributed by atoms with Crippen LogP contribution >= 0.6 is 0 Å². The van der Waals surface area contributed by atoms with Crippen molar-refractivity contribution in [2.24, 2.45) is 11.5 Å². The molecule has 6 nitrogen and oxygen atoms in total. The standard InChI is InChI=1S/C6H15N3O3/c1-9-6(11)4(8)3-12-5(10)2-7/h4,6,9,11H,2-3,7-8H2,1H3/t4-,6-/m0/s1. The summed E-state index contributed by atoms with van der Waals surface area (Å²) in [7, 11) is 1.55. The zero-order valence-corrected chi connectivity index (χ0v) is 6.99. The van der Waals surface area contributed by atoms with E-state index in [1.807, 2.05) is 0 Å². The minimum Gasteiger partial charge on any atom is -0.463 e. The van der Waals surface area contributed by atoms with Crippen molar-refractivity contribution in [2.45, 2.75) is 12.3 Å². The lowest BCUT2D eigenvalue weighted by Crippen LogP contribution is -2.46. The molecule has 0 amide bonds. The molecule has 2 atom stereocenters. The van der Waals surface area contributed by atoms with Crippen molar-refractivity contribution in [1.82, 2.24) is 5.32 Å². The van der Waals surface area contributed by atoms with E-state index in [-0.39, 0.29) is 13.2 Å². The maximum Gasteiger partial charge on any atom is 0.319 e. The lowest BCUT2D eigenvalue weighted by Gasteiger charge is -2.17. The second kappa shape index (κ2) is 5.90. The summed E-state index contributed by atoms with van der Waals surface area (Å²) in [6.45, 7) is -0.222. The van der Waals surface area contributed by atoms with Crippen molar-refractivity contribution in [1.29, 1.82) is 0 Å². The van der Waals surface area contributed by atoms with E-state index >= 15 is 0 Å². The van der Waals surface area contributed by atoms with E-state index in [0.29, 0.717) is 0 Å². The van der Waals surface area contributed by atoms with Crippen LogP contribution in [0.25, 0.3) is 0 Å². The van der Waals surface area contributed by atoms with Gasteiger partial charge in [-0.15, -0.1) is 0 Å². The molecule has 0 saturated heterocycles. The van der Waals surface area contributed by atoms with Crippen molar-refractivity contribution in [3.8, 4) is 0 Å². The number of hydrogen-bond donors (Lipinski definition) is 4. The van der Waals surface area contributed by atoms with Crippen molar-refractivity contribution in [2.75, 3.05) is 20.2 Å². The molecule has 0 heterocycles. The van der Waals surface area contributed by atoms with Gasteiger partial charge in [0.2, 0.25) is 0 Å². The first-order valence-electron chi connectivity index (χ1n) is 3.58. The van der Waals surface area contributed by atoms with Crippen LogP contribution in [0.1, 0.15) is 0 Å². The maximum atomic E-state index is 10.5. The molecule has 72 valence electrons. The number of esters is 1. The Balaban J connectivity index is 3.56. The molecular formula is C6H15N3O3. The van der Waals surface area contributed by atoms with Gasteiger partial charge >= 0.3 is 5.97 Å². The van der Waals surface area contributed by atoms with E-state index in [0.717, 1.165) is 0 Å². The van der Waals surface area contributed by atoms with Crippen molar-refractivity contribution >= 4 is 5.97 Å². The minimum atomic E-state index is -0.879. The third kappa shape index (κ3) is 4.24. The highest BCUT2D eigenvalue weighted by atomic mass is 16.5. The molecule has 0 bridgehead atoms. The highest BCUT2D eigenvalue weighted by Gasteiger charge is 2.13. The van der Waals surface area contributed by atoms with Crippen molar-refractivity contribution < 1.29 is 14.6 Å². The average molecular weight is 177 g/mol. The van der Waals surface area contributed by atoms with Gasteiger partial charge in [0.25, 0.3) is 0 Å². The molecule has 0 fully saturated rings. The number of hydrogen-bond acceptors (Lipinski definition) is 6. The van der Waals surface area contributed by atoms with E-state index in [2.05, 4.69) is 10.1 Å².